The molecule has 5 heteroatoms. The van der Waals surface area contributed by atoms with Gasteiger partial charge >= 0.3 is 11.9 Å². The highest BCUT2D eigenvalue weighted by Crippen LogP contribution is 2.06. The van der Waals surface area contributed by atoms with Crippen molar-refractivity contribution in [2.24, 2.45) is 0 Å². The Kier molecular flexibility index (Phi) is 6.31. The SMILES string of the molecule is C/C=C(/NCC(=O)OC(C)(C)C)C(=O)OCC. The number of ether oxygens (including phenoxy) is 2. The standard InChI is InChI=1S/C12H21NO4/c1-6-9(11(15)16-7-2)13-8-10(14)17-12(3,4)5/h6,13H,7-8H2,1-5H3/b9-6+. The average Bonchev–Trinajstić information content (AvgIpc) is 2.16. The second-order valence-corrected chi connectivity index (χ2v) is 4.36. The van der Waals surface area contributed by atoms with Gasteiger partial charge in [0.15, 0.2) is 0 Å². The molecule has 0 aromatic rings. The Morgan fingerprint density at radius 3 is 2.29 bits per heavy atom. The summed E-state index contributed by atoms with van der Waals surface area (Å²) in [6.45, 7) is 9.00. The number of esters is 2. The number of hydrogen-bond acceptors (Lipinski definition) is 5. The van der Waals surface area contributed by atoms with E-state index in [1.54, 1.807) is 40.7 Å². The first-order valence-electron chi connectivity index (χ1n) is 5.59. The fourth-order valence-corrected chi connectivity index (χ4v) is 1.05. The van der Waals surface area contributed by atoms with Crippen molar-refractivity contribution in [3.63, 3.8) is 0 Å². The molecule has 0 radical (unpaired) electrons. The molecular formula is C12H21NO4. The van der Waals surface area contributed by atoms with Gasteiger partial charge in [0.2, 0.25) is 0 Å². The van der Waals surface area contributed by atoms with Crippen LogP contribution in [0.5, 0.6) is 0 Å². The number of allylic oxidation sites excluding steroid dienone is 1. The molecule has 17 heavy (non-hydrogen) atoms. The molecule has 0 spiro atoms. The number of rotatable bonds is 5. The molecule has 0 amide bonds. The predicted octanol–water partition coefficient (Wildman–Crippen LogP) is 1.38. The van der Waals surface area contributed by atoms with E-state index in [2.05, 4.69) is 5.32 Å². The molecule has 0 bridgehead atoms. The van der Waals surface area contributed by atoms with Crippen LogP contribution >= 0.6 is 0 Å². The van der Waals surface area contributed by atoms with Crippen LogP contribution in [0.1, 0.15) is 34.6 Å². The van der Waals surface area contributed by atoms with Crippen molar-refractivity contribution in [2.75, 3.05) is 13.2 Å². The van der Waals surface area contributed by atoms with Crippen LogP contribution in [0, 0.1) is 0 Å². The minimum Gasteiger partial charge on any atom is -0.461 e. The largest absolute Gasteiger partial charge is 0.461 e. The topological polar surface area (TPSA) is 64.6 Å². The second kappa shape index (κ2) is 6.93. The Morgan fingerprint density at radius 2 is 1.88 bits per heavy atom. The summed E-state index contributed by atoms with van der Waals surface area (Å²) in [7, 11) is 0. The van der Waals surface area contributed by atoms with Crippen LogP contribution in [0.25, 0.3) is 0 Å². The third kappa shape index (κ3) is 7.38. The summed E-state index contributed by atoms with van der Waals surface area (Å²) >= 11 is 0. The van der Waals surface area contributed by atoms with E-state index in [1.807, 2.05) is 0 Å². The minimum atomic E-state index is -0.529. The molecule has 0 aliphatic carbocycles. The maximum absolute atomic E-state index is 11.4. The maximum Gasteiger partial charge on any atom is 0.354 e. The summed E-state index contributed by atoms with van der Waals surface area (Å²) in [6.07, 6.45) is 1.56. The van der Waals surface area contributed by atoms with E-state index < -0.39 is 17.5 Å². The van der Waals surface area contributed by atoms with E-state index in [9.17, 15) is 9.59 Å². The van der Waals surface area contributed by atoms with Gasteiger partial charge in [0, 0.05) is 0 Å². The summed E-state index contributed by atoms with van der Waals surface area (Å²) in [5.74, 6) is -0.889. The summed E-state index contributed by atoms with van der Waals surface area (Å²) in [4.78, 5) is 22.8. The second-order valence-electron chi connectivity index (χ2n) is 4.36. The van der Waals surface area contributed by atoms with Crippen molar-refractivity contribution in [3.05, 3.63) is 11.8 Å². The molecule has 0 aliphatic heterocycles. The van der Waals surface area contributed by atoms with Gasteiger partial charge in [-0.15, -0.1) is 0 Å². The monoisotopic (exact) mass is 243 g/mol. The van der Waals surface area contributed by atoms with Crippen molar-refractivity contribution < 1.29 is 19.1 Å². The van der Waals surface area contributed by atoms with Crippen LogP contribution in [0.4, 0.5) is 0 Å². The first kappa shape index (κ1) is 15.5. The Bertz CT molecular complexity index is 302. The minimum absolute atomic E-state index is 0.0598. The molecule has 0 aromatic heterocycles. The average molecular weight is 243 g/mol. The molecule has 0 unspecified atom stereocenters. The lowest BCUT2D eigenvalue weighted by molar-refractivity contribution is -0.153. The van der Waals surface area contributed by atoms with Crippen molar-refractivity contribution in [2.45, 2.75) is 40.2 Å². The first-order chi connectivity index (χ1) is 7.80. The van der Waals surface area contributed by atoms with Gasteiger partial charge in [-0.3, -0.25) is 4.79 Å². The van der Waals surface area contributed by atoms with Crippen molar-refractivity contribution in [1.29, 1.82) is 0 Å². The fourth-order valence-electron chi connectivity index (χ4n) is 1.05. The van der Waals surface area contributed by atoms with E-state index in [4.69, 9.17) is 9.47 Å². The summed E-state index contributed by atoms with van der Waals surface area (Å²) in [6, 6.07) is 0. The lowest BCUT2D eigenvalue weighted by atomic mass is 10.2. The summed E-state index contributed by atoms with van der Waals surface area (Å²) < 4.78 is 9.90. The number of carbonyl (C=O) groups is 2. The highest BCUT2D eigenvalue weighted by atomic mass is 16.6. The summed E-state index contributed by atoms with van der Waals surface area (Å²) in [5, 5.41) is 2.69. The Hall–Kier alpha value is -1.52. The van der Waals surface area contributed by atoms with Crippen LogP contribution < -0.4 is 5.32 Å². The van der Waals surface area contributed by atoms with E-state index in [1.165, 1.54) is 0 Å². The number of nitrogens with one attached hydrogen (secondary N) is 1. The molecular weight excluding hydrogens is 222 g/mol. The third-order valence-electron chi connectivity index (χ3n) is 1.63. The van der Waals surface area contributed by atoms with Gasteiger partial charge in [0.1, 0.15) is 17.8 Å². The van der Waals surface area contributed by atoms with Crippen molar-refractivity contribution in [3.8, 4) is 0 Å². The van der Waals surface area contributed by atoms with E-state index in [0.717, 1.165) is 0 Å². The van der Waals surface area contributed by atoms with Gasteiger partial charge in [0.25, 0.3) is 0 Å². The Balaban J connectivity index is 4.17. The van der Waals surface area contributed by atoms with Crippen LogP contribution in [-0.2, 0) is 19.1 Å². The van der Waals surface area contributed by atoms with Crippen molar-refractivity contribution >= 4 is 11.9 Å². The Morgan fingerprint density at radius 1 is 1.29 bits per heavy atom. The highest BCUT2D eigenvalue weighted by molar-refractivity contribution is 5.88. The van der Waals surface area contributed by atoms with Crippen LogP contribution in [0.3, 0.4) is 0 Å². The maximum atomic E-state index is 11.4. The molecule has 0 fully saturated rings. The molecule has 0 saturated carbocycles. The highest BCUT2D eigenvalue weighted by Gasteiger charge is 2.17. The normalized spacial score (nSPS) is 11.9. The van der Waals surface area contributed by atoms with Gasteiger partial charge in [0.05, 0.1) is 6.61 Å². The predicted molar refractivity (Wildman–Crippen MR) is 64.2 cm³/mol. The fraction of sp³-hybridized carbons (Fsp3) is 0.667. The van der Waals surface area contributed by atoms with Crippen molar-refractivity contribution in [1.82, 2.24) is 5.32 Å². The summed E-state index contributed by atoms with van der Waals surface area (Å²) in [5.41, 5.74) is -0.267. The zero-order valence-electron chi connectivity index (χ0n) is 11.1. The quantitative estimate of drug-likeness (QED) is 0.584. The number of hydrogen-bond donors (Lipinski definition) is 1. The van der Waals surface area contributed by atoms with Gasteiger partial charge in [-0.1, -0.05) is 6.08 Å². The van der Waals surface area contributed by atoms with Gasteiger partial charge < -0.3 is 14.8 Å². The van der Waals surface area contributed by atoms with Crippen LogP contribution in [0.2, 0.25) is 0 Å². The lowest BCUT2D eigenvalue weighted by Crippen LogP contribution is -2.33. The molecule has 0 saturated heterocycles. The zero-order valence-corrected chi connectivity index (χ0v) is 11.1. The molecule has 5 nitrogen and oxygen atoms in total. The van der Waals surface area contributed by atoms with Gasteiger partial charge in [-0.25, -0.2) is 4.79 Å². The van der Waals surface area contributed by atoms with Crippen LogP contribution in [0.15, 0.2) is 11.8 Å². The number of carbonyl (C=O) groups excluding carboxylic acids is 2. The van der Waals surface area contributed by atoms with E-state index >= 15 is 0 Å². The van der Waals surface area contributed by atoms with Crippen LogP contribution in [-0.4, -0.2) is 30.7 Å². The van der Waals surface area contributed by atoms with Gasteiger partial charge in [-0.2, -0.15) is 0 Å². The Labute approximate surface area is 102 Å². The molecule has 0 rings (SSSR count). The molecule has 1 N–H and O–H groups in total. The molecule has 0 atom stereocenters. The lowest BCUT2D eigenvalue weighted by Gasteiger charge is -2.20. The molecule has 0 aromatic carbocycles. The zero-order chi connectivity index (χ0) is 13.5. The smallest absolute Gasteiger partial charge is 0.354 e. The molecule has 0 aliphatic rings. The first-order valence-corrected chi connectivity index (χ1v) is 5.59. The molecule has 98 valence electrons. The van der Waals surface area contributed by atoms with Gasteiger partial charge in [-0.05, 0) is 34.6 Å². The third-order valence-corrected chi connectivity index (χ3v) is 1.63. The molecule has 0 heterocycles. The van der Waals surface area contributed by atoms with E-state index in [0.29, 0.717) is 6.61 Å². The van der Waals surface area contributed by atoms with E-state index in [-0.39, 0.29) is 12.2 Å².